The van der Waals surface area contributed by atoms with Gasteiger partial charge in [-0.05, 0) is 36.5 Å². The molecule has 1 heterocycles. The minimum atomic E-state index is -0.356. The van der Waals surface area contributed by atoms with Crippen molar-refractivity contribution in [2.45, 2.75) is 39.7 Å². The number of hydrogen-bond acceptors (Lipinski definition) is 2. The number of carbonyl (C=O) groups excluding carboxylic acids is 1. The molecule has 0 aromatic heterocycles. The summed E-state index contributed by atoms with van der Waals surface area (Å²) < 4.78 is 5.82. The van der Waals surface area contributed by atoms with E-state index in [4.69, 9.17) is 4.74 Å². The molecule has 0 bridgehead atoms. The molecule has 0 radical (unpaired) electrons. The highest BCUT2D eigenvalue weighted by atomic mass is 16.5. The first-order valence-corrected chi connectivity index (χ1v) is 9.43. The first-order chi connectivity index (χ1) is 12.7. The highest BCUT2D eigenvalue weighted by molar-refractivity contribution is 5.97. The van der Waals surface area contributed by atoms with Gasteiger partial charge in [-0.25, -0.2) is 4.79 Å². The predicted octanol–water partition coefficient (Wildman–Crippen LogP) is 6.30. The Labute approximate surface area is 155 Å². The van der Waals surface area contributed by atoms with Gasteiger partial charge >= 0.3 is 5.97 Å². The van der Waals surface area contributed by atoms with Crippen LogP contribution in [0.1, 0.15) is 45.3 Å². The van der Waals surface area contributed by atoms with Crippen molar-refractivity contribution in [3.8, 4) is 0 Å². The van der Waals surface area contributed by atoms with Gasteiger partial charge in [0.05, 0.1) is 5.57 Å². The van der Waals surface area contributed by atoms with Gasteiger partial charge in [-0.2, -0.15) is 0 Å². The van der Waals surface area contributed by atoms with E-state index in [9.17, 15) is 4.79 Å². The van der Waals surface area contributed by atoms with Gasteiger partial charge in [0.15, 0.2) is 6.10 Å². The van der Waals surface area contributed by atoms with E-state index in [1.54, 1.807) is 0 Å². The van der Waals surface area contributed by atoms with Gasteiger partial charge in [0.25, 0.3) is 0 Å². The number of hydrogen-bond donors (Lipinski definition) is 0. The van der Waals surface area contributed by atoms with Crippen molar-refractivity contribution in [2.75, 3.05) is 0 Å². The molecule has 2 aromatic rings. The standard InChI is InChI=1S/C24H26O2/c1-4-10-22-21(16-15-17(5-2)6-3)23(26-24(22)25)20-14-9-12-18-11-7-8-13-19(18)20/h4,7-17,23H,5-6H2,1-3H3/b10-4+,16-15-. The molecule has 0 saturated carbocycles. The lowest BCUT2D eigenvalue weighted by Gasteiger charge is -2.16. The highest BCUT2D eigenvalue weighted by Crippen LogP contribution is 2.39. The lowest BCUT2D eigenvalue weighted by Crippen LogP contribution is -2.04. The summed E-state index contributed by atoms with van der Waals surface area (Å²) in [5, 5.41) is 2.28. The van der Waals surface area contributed by atoms with Crippen LogP contribution in [-0.4, -0.2) is 5.97 Å². The maximum atomic E-state index is 12.5. The summed E-state index contributed by atoms with van der Waals surface area (Å²) in [7, 11) is 0. The third-order valence-electron chi connectivity index (χ3n) is 5.07. The van der Waals surface area contributed by atoms with E-state index in [0.29, 0.717) is 11.5 Å². The molecule has 1 aliphatic rings. The van der Waals surface area contributed by atoms with Crippen LogP contribution in [0.15, 0.2) is 77.9 Å². The van der Waals surface area contributed by atoms with E-state index in [1.165, 1.54) is 0 Å². The number of fused-ring (bicyclic) bond motifs is 1. The molecule has 1 unspecified atom stereocenters. The molecule has 0 N–H and O–H groups in total. The van der Waals surface area contributed by atoms with Crippen molar-refractivity contribution in [2.24, 2.45) is 5.92 Å². The van der Waals surface area contributed by atoms with Crippen molar-refractivity contribution in [3.05, 3.63) is 83.5 Å². The highest BCUT2D eigenvalue weighted by Gasteiger charge is 2.33. The summed E-state index contributed by atoms with van der Waals surface area (Å²) in [6, 6.07) is 14.4. The van der Waals surface area contributed by atoms with Crippen LogP contribution in [0.5, 0.6) is 0 Å². The first-order valence-electron chi connectivity index (χ1n) is 9.43. The first kappa shape index (κ1) is 18.2. The maximum absolute atomic E-state index is 12.5. The second-order valence-corrected chi connectivity index (χ2v) is 6.66. The van der Waals surface area contributed by atoms with Crippen molar-refractivity contribution in [1.29, 1.82) is 0 Å². The Balaban J connectivity index is 2.11. The Morgan fingerprint density at radius 3 is 2.50 bits per heavy atom. The monoisotopic (exact) mass is 346 g/mol. The zero-order chi connectivity index (χ0) is 18.5. The lowest BCUT2D eigenvalue weighted by atomic mass is 9.92. The molecule has 2 aromatic carbocycles. The van der Waals surface area contributed by atoms with Crippen LogP contribution in [0, 0.1) is 5.92 Å². The molecular weight excluding hydrogens is 320 g/mol. The molecule has 0 fully saturated rings. The fourth-order valence-electron chi connectivity index (χ4n) is 3.51. The van der Waals surface area contributed by atoms with Crippen molar-refractivity contribution < 1.29 is 9.53 Å². The molecule has 2 heteroatoms. The minimum absolute atomic E-state index is 0.245. The normalized spacial score (nSPS) is 18.0. The molecule has 1 aliphatic heterocycles. The summed E-state index contributed by atoms with van der Waals surface area (Å²) in [6.07, 6.45) is 9.90. The van der Waals surface area contributed by atoms with Gasteiger partial charge in [0, 0.05) is 11.1 Å². The van der Waals surface area contributed by atoms with Crippen molar-refractivity contribution in [3.63, 3.8) is 0 Å². The maximum Gasteiger partial charge on any atom is 0.339 e. The van der Waals surface area contributed by atoms with E-state index >= 15 is 0 Å². The molecule has 0 amide bonds. The topological polar surface area (TPSA) is 26.3 Å². The van der Waals surface area contributed by atoms with Crippen LogP contribution < -0.4 is 0 Å². The average Bonchev–Trinajstić information content (AvgIpc) is 2.98. The van der Waals surface area contributed by atoms with Crippen molar-refractivity contribution in [1.82, 2.24) is 0 Å². The Bertz CT molecular complexity index is 877. The zero-order valence-corrected chi connectivity index (χ0v) is 15.7. The smallest absolute Gasteiger partial charge is 0.339 e. The average molecular weight is 346 g/mol. The molecule has 134 valence electrons. The molecular formula is C24H26O2. The van der Waals surface area contributed by atoms with Crippen LogP contribution in [-0.2, 0) is 9.53 Å². The molecule has 26 heavy (non-hydrogen) atoms. The van der Waals surface area contributed by atoms with Crippen LogP contribution in [0.2, 0.25) is 0 Å². The van der Waals surface area contributed by atoms with Crippen LogP contribution >= 0.6 is 0 Å². The Hall–Kier alpha value is -2.61. The molecule has 3 rings (SSSR count). The molecule has 2 nitrogen and oxygen atoms in total. The summed E-state index contributed by atoms with van der Waals surface area (Å²) in [5.74, 6) is 0.267. The van der Waals surface area contributed by atoms with Crippen LogP contribution in [0.3, 0.4) is 0 Å². The Kier molecular flexibility index (Phi) is 5.72. The molecule has 0 saturated heterocycles. The largest absolute Gasteiger partial charge is 0.449 e. The zero-order valence-electron chi connectivity index (χ0n) is 15.7. The summed E-state index contributed by atoms with van der Waals surface area (Å²) in [5.41, 5.74) is 2.66. The van der Waals surface area contributed by atoms with Crippen molar-refractivity contribution >= 4 is 16.7 Å². The van der Waals surface area contributed by atoms with E-state index in [0.717, 1.165) is 34.8 Å². The molecule has 0 aliphatic carbocycles. The number of rotatable bonds is 6. The van der Waals surface area contributed by atoms with Gasteiger partial charge in [-0.15, -0.1) is 0 Å². The molecule has 1 atom stereocenters. The van der Waals surface area contributed by atoms with Crippen LogP contribution in [0.25, 0.3) is 10.8 Å². The van der Waals surface area contributed by atoms with Gasteiger partial charge < -0.3 is 4.74 Å². The third kappa shape index (κ3) is 3.50. The number of ether oxygens (including phenoxy) is 1. The number of cyclic esters (lactones) is 1. The van der Waals surface area contributed by atoms with Gasteiger partial charge in [0.1, 0.15) is 0 Å². The molecule has 0 spiro atoms. The van der Waals surface area contributed by atoms with E-state index in [1.807, 2.05) is 37.3 Å². The number of esters is 1. The second kappa shape index (κ2) is 8.18. The Morgan fingerprint density at radius 2 is 1.77 bits per heavy atom. The SMILES string of the molecule is C/C=C/C1=C(/C=C\C(CC)CC)C(c2cccc3ccccc23)OC1=O. The van der Waals surface area contributed by atoms with Gasteiger partial charge in [-0.1, -0.05) is 80.6 Å². The van der Waals surface area contributed by atoms with Gasteiger partial charge in [0.2, 0.25) is 0 Å². The predicted molar refractivity (Wildman–Crippen MR) is 108 cm³/mol. The fraction of sp³-hybridized carbons (Fsp3) is 0.292. The Morgan fingerprint density at radius 1 is 1.04 bits per heavy atom. The summed E-state index contributed by atoms with van der Waals surface area (Å²) in [4.78, 5) is 12.5. The number of benzene rings is 2. The summed E-state index contributed by atoms with van der Waals surface area (Å²) in [6.45, 7) is 6.31. The van der Waals surface area contributed by atoms with Crippen LogP contribution in [0.4, 0.5) is 0 Å². The quantitative estimate of drug-likeness (QED) is 0.573. The second-order valence-electron chi connectivity index (χ2n) is 6.66. The summed E-state index contributed by atoms with van der Waals surface area (Å²) >= 11 is 0. The number of allylic oxidation sites excluding steroid dienone is 2. The number of carbonyl (C=O) groups is 1. The van der Waals surface area contributed by atoms with E-state index in [2.05, 4.69) is 50.3 Å². The minimum Gasteiger partial charge on any atom is -0.449 e. The fourth-order valence-corrected chi connectivity index (χ4v) is 3.51. The van der Waals surface area contributed by atoms with Gasteiger partial charge in [-0.3, -0.25) is 0 Å². The lowest BCUT2D eigenvalue weighted by molar-refractivity contribution is -0.139. The van der Waals surface area contributed by atoms with E-state index < -0.39 is 0 Å². The third-order valence-corrected chi connectivity index (χ3v) is 5.07. The van der Waals surface area contributed by atoms with E-state index in [-0.39, 0.29) is 12.1 Å².